The van der Waals surface area contributed by atoms with Crippen molar-refractivity contribution in [3.8, 4) is 0 Å². The van der Waals surface area contributed by atoms with Crippen molar-refractivity contribution in [3.63, 3.8) is 0 Å². The molecule has 0 spiro atoms. The van der Waals surface area contributed by atoms with Crippen molar-refractivity contribution < 1.29 is 4.74 Å². The van der Waals surface area contributed by atoms with Gasteiger partial charge in [0, 0.05) is 17.5 Å². The highest BCUT2D eigenvalue weighted by Gasteiger charge is 2.21. The molecular weight excluding hydrogens is 278 g/mol. The predicted octanol–water partition coefficient (Wildman–Crippen LogP) is 4.49. The van der Waals surface area contributed by atoms with E-state index in [9.17, 15) is 0 Å². The fourth-order valence-electron chi connectivity index (χ4n) is 3.02. The van der Waals surface area contributed by atoms with Gasteiger partial charge in [-0.2, -0.15) is 0 Å². The summed E-state index contributed by atoms with van der Waals surface area (Å²) in [4.78, 5) is 1.43. The largest absolute Gasteiger partial charge is 0.372 e. The number of thiophene rings is 1. The molecule has 0 amide bonds. The molecule has 1 N–H and O–H groups in total. The van der Waals surface area contributed by atoms with Crippen LogP contribution in [0.15, 0.2) is 41.8 Å². The summed E-state index contributed by atoms with van der Waals surface area (Å²) < 4.78 is 5.99. The Morgan fingerprint density at radius 2 is 2.19 bits per heavy atom. The van der Waals surface area contributed by atoms with Crippen LogP contribution in [0.2, 0.25) is 0 Å². The molecule has 3 heteroatoms. The van der Waals surface area contributed by atoms with Gasteiger partial charge in [-0.3, -0.25) is 0 Å². The molecule has 1 aromatic carbocycles. The van der Waals surface area contributed by atoms with E-state index in [1.165, 1.54) is 28.8 Å². The van der Waals surface area contributed by atoms with E-state index in [-0.39, 0.29) is 6.10 Å². The molecule has 0 radical (unpaired) electrons. The van der Waals surface area contributed by atoms with Crippen molar-refractivity contribution in [1.29, 1.82) is 0 Å². The topological polar surface area (TPSA) is 21.3 Å². The minimum absolute atomic E-state index is 0.189. The van der Waals surface area contributed by atoms with Gasteiger partial charge in [0.25, 0.3) is 0 Å². The summed E-state index contributed by atoms with van der Waals surface area (Å²) in [5.74, 6) is 0. The highest BCUT2D eigenvalue weighted by atomic mass is 32.1. The first kappa shape index (κ1) is 14.8. The predicted molar refractivity (Wildman–Crippen MR) is 88.8 cm³/mol. The second-order valence-corrected chi connectivity index (χ2v) is 6.55. The SMILES string of the molecule is CCCC(NCC1OCCc2ccccc21)c1cccs1. The number of benzene rings is 1. The van der Waals surface area contributed by atoms with Gasteiger partial charge in [-0.1, -0.05) is 43.7 Å². The van der Waals surface area contributed by atoms with E-state index < -0.39 is 0 Å². The first-order valence-corrected chi connectivity index (χ1v) is 8.72. The maximum Gasteiger partial charge on any atom is 0.0952 e. The van der Waals surface area contributed by atoms with Crippen LogP contribution in [0, 0.1) is 0 Å². The monoisotopic (exact) mass is 301 g/mol. The zero-order valence-corrected chi connectivity index (χ0v) is 13.4. The Morgan fingerprint density at radius 1 is 1.29 bits per heavy atom. The number of hydrogen-bond donors (Lipinski definition) is 1. The summed E-state index contributed by atoms with van der Waals surface area (Å²) in [5, 5.41) is 5.88. The van der Waals surface area contributed by atoms with Gasteiger partial charge in [-0.05, 0) is 35.4 Å². The van der Waals surface area contributed by atoms with Crippen molar-refractivity contribution in [1.82, 2.24) is 5.32 Å². The molecule has 2 atom stereocenters. The number of ether oxygens (including phenoxy) is 1. The van der Waals surface area contributed by atoms with Gasteiger partial charge < -0.3 is 10.1 Å². The summed E-state index contributed by atoms with van der Waals surface area (Å²) in [6.45, 7) is 3.97. The highest BCUT2D eigenvalue weighted by Crippen LogP contribution is 2.28. The molecule has 2 unspecified atom stereocenters. The molecule has 2 nitrogen and oxygen atoms in total. The summed E-state index contributed by atoms with van der Waals surface area (Å²) >= 11 is 1.84. The van der Waals surface area contributed by atoms with Crippen molar-refractivity contribution in [2.45, 2.75) is 38.3 Å². The summed E-state index contributed by atoms with van der Waals surface area (Å²) in [5.41, 5.74) is 2.80. The second-order valence-electron chi connectivity index (χ2n) is 5.57. The van der Waals surface area contributed by atoms with E-state index in [0.717, 1.165) is 19.6 Å². The van der Waals surface area contributed by atoms with Crippen LogP contribution in [0.1, 0.15) is 47.9 Å². The van der Waals surface area contributed by atoms with Gasteiger partial charge in [-0.25, -0.2) is 0 Å². The molecule has 0 saturated heterocycles. The zero-order chi connectivity index (χ0) is 14.5. The lowest BCUT2D eigenvalue weighted by Crippen LogP contribution is -2.30. The van der Waals surface area contributed by atoms with E-state index in [1.807, 2.05) is 11.3 Å². The van der Waals surface area contributed by atoms with Crippen molar-refractivity contribution in [3.05, 3.63) is 57.8 Å². The van der Waals surface area contributed by atoms with Crippen molar-refractivity contribution >= 4 is 11.3 Å². The van der Waals surface area contributed by atoms with E-state index >= 15 is 0 Å². The van der Waals surface area contributed by atoms with Crippen LogP contribution in [0.25, 0.3) is 0 Å². The Hall–Kier alpha value is -1.16. The molecule has 3 rings (SSSR count). The molecule has 2 heterocycles. The minimum Gasteiger partial charge on any atom is -0.372 e. The third-order valence-electron chi connectivity index (χ3n) is 4.11. The van der Waals surface area contributed by atoms with E-state index in [4.69, 9.17) is 4.74 Å². The zero-order valence-electron chi connectivity index (χ0n) is 12.5. The molecular formula is C18H23NOS. The molecule has 0 fully saturated rings. The van der Waals surface area contributed by atoms with Crippen LogP contribution in [0.4, 0.5) is 0 Å². The molecule has 2 aromatic rings. The van der Waals surface area contributed by atoms with Crippen LogP contribution in [-0.2, 0) is 11.2 Å². The average Bonchev–Trinajstić information content (AvgIpc) is 3.05. The van der Waals surface area contributed by atoms with E-state index in [2.05, 4.69) is 54.0 Å². The third-order valence-corrected chi connectivity index (χ3v) is 5.09. The molecule has 0 bridgehead atoms. The molecule has 21 heavy (non-hydrogen) atoms. The van der Waals surface area contributed by atoms with Gasteiger partial charge in [-0.15, -0.1) is 11.3 Å². The van der Waals surface area contributed by atoms with Gasteiger partial charge in [0.1, 0.15) is 0 Å². The van der Waals surface area contributed by atoms with Crippen molar-refractivity contribution in [2.75, 3.05) is 13.2 Å². The molecule has 0 saturated carbocycles. The number of rotatable bonds is 6. The number of fused-ring (bicyclic) bond motifs is 1. The Bertz CT molecular complexity index is 552. The lowest BCUT2D eigenvalue weighted by molar-refractivity contribution is 0.0404. The molecule has 112 valence electrons. The van der Waals surface area contributed by atoms with Gasteiger partial charge in [0.2, 0.25) is 0 Å². The standard InChI is InChI=1S/C18H23NOS/c1-2-6-16(18-9-5-12-21-18)19-13-17-15-8-4-3-7-14(15)10-11-20-17/h3-5,7-9,12,16-17,19H,2,6,10-11,13H2,1H3. The fourth-order valence-corrected chi connectivity index (χ4v) is 3.86. The Balaban J connectivity index is 1.67. The van der Waals surface area contributed by atoms with Crippen LogP contribution in [0.5, 0.6) is 0 Å². The molecule has 1 aromatic heterocycles. The minimum atomic E-state index is 0.189. The number of nitrogens with one attached hydrogen (secondary N) is 1. The maximum atomic E-state index is 5.99. The quantitative estimate of drug-likeness (QED) is 0.848. The van der Waals surface area contributed by atoms with Gasteiger partial charge >= 0.3 is 0 Å². The smallest absolute Gasteiger partial charge is 0.0952 e. The molecule has 1 aliphatic heterocycles. The Kier molecular flexibility index (Phi) is 5.07. The number of hydrogen-bond acceptors (Lipinski definition) is 3. The molecule has 0 aliphatic carbocycles. The first-order chi connectivity index (χ1) is 10.4. The Morgan fingerprint density at radius 3 is 3.00 bits per heavy atom. The second kappa shape index (κ2) is 7.21. The maximum absolute atomic E-state index is 5.99. The van der Waals surface area contributed by atoms with Crippen LogP contribution in [0.3, 0.4) is 0 Å². The summed E-state index contributed by atoms with van der Waals surface area (Å²) in [6, 6.07) is 13.5. The average molecular weight is 301 g/mol. The van der Waals surface area contributed by atoms with E-state index in [0.29, 0.717) is 6.04 Å². The van der Waals surface area contributed by atoms with Crippen molar-refractivity contribution in [2.24, 2.45) is 0 Å². The summed E-state index contributed by atoms with van der Waals surface area (Å²) in [6.07, 6.45) is 3.59. The van der Waals surface area contributed by atoms with E-state index in [1.54, 1.807) is 0 Å². The van der Waals surface area contributed by atoms with Gasteiger partial charge in [0.05, 0.1) is 12.7 Å². The third kappa shape index (κ3) is 3.54. The van der Waals surface area contributed by atoms with Gasteiger partial charge in [0.15, 0.2) is 0 Å². The highest BCUT2D eigenvalue weighted by molar-refractivity contribution is 7.10. The Labute approximate surface area is 131 Å². The van der Waals surface area contributed by atoms with Crippen LogP contribution < -0.4 is 5.32 Å². The first-order valence-electron chi connectivity index (χ1n) is 7.84. The summed E-state index contributed by atoms with van der Waals surface area (Å²) in [7, 11) is 0. The lowest BCUT2D eigenvalue weighted by Gasteiger charge is -2.28. The van der Waals surface area contributed by atoms with Crippen LogP contribution in [-0.4, -0.2) is 13.2 Å². The fraction of sp³-hybridized carbons (Fsp3) is 0.444. The van der Waals surface area contributed by atoms with Crippen LogP contribution >= 0.6 is 11.3 Å². The lowest BCUT2D eigenvalue weighted by atomic mass is 9.97. The normalized spacial score (nSPS) is 19.2. The molecule has 1 aliphatic rings.